The average Bonchev–Trinajstić information content (AvgIpc) is 2.31. The third kappa shape index (κ3) is 4.92. The van der Waals surface area contributed by atoms with Crippen molar-refractivity contribution in [2.75, 3.05) is 53.4 Å². The zero-order valence-electron chi connectivity index (χ0n) is 12.2. The molecule has 1 heterocycles. The normalized spacial score (nSPS) is 20.1. The van der Waals surface area contributed by atoms with E-state index in [1.165, 1.54) is 0 Å². The lowest BCUT2D eigenvalue weighted by Gasteiger charge is -2.39. The van der Waals surface area contributed by atoms with E-state index in [4.69, 9.17) is 0 Å². The highest BCUT2D eigenvalue weighted by Gasteiger charge is 2.25. The molecule has 18 heavy (non-hydrogen) atoms. The van der Waals surface area contributed by atoms with Gasteiger partial charge in [-0.2, -0.15) is 0 Å². The zero-order valence-corrected chi connectivity index (χ0v) is 12.2. The highest BCUT2D eigenvalue weighted by Crippen LogP contribution is 2.12. The van der Waals surface area contributed by atoms with Crippen molar-refractivity contribution in [2.45, 2.75) is 19.9 Å². The smallest absolute Gasteiger partial charge is 0.234 e. The molecule has 1 aliphatic rings. The van der Waals surface area contributed by atoms with Crippen LogP contribution in [0.15, 0.2) is 0 Å². The molecule has 5 nitrogen and oxygen atoms in total. The van der Waals surface area contributed by atoms with Crippen LogP contribution in [0.5, 0.6) is 0 Å². The third-order valence-electron chi connectivity index (χ3n) is 3.62. The highest BCUT2D eigenvalue weighted by molar-refractivity contribution is 5.77. The van der Waals surface area contributed by atoms with Gasteiger partial charge >= 0.3 is 0 Å². The molecule has 1 fully saturated rings. The van der Waals surface area contributed by atoms with Crippen molar-refractivity contribution in [3.8, 4) is 0 Å². The van der Waals surface area contributed by atoms with E-state index in [9.17, 15) is 4.79 Å². The van der Waals surface area contributed by atoms with Gasteiger partial charge in [0.05, 0.1) is 6.54 Å². The van der Waals surface area contributed by atoms with Gasteiger partial charge in [0.25, 0.3) is 0 Å². The van der Waals surface area contributed by atoms with Gasteiger partial charge in [0.1, 0.15) is 0 Å². The van der Waals surface area contributed by atoms with Crippen molar-refractivity contribution in [3.05, 3.63) is 0 Å². The molecule has 0 aliphatic carbocycles. The molecule has 1 rings (SSSR count). The first-order chi connectivity index (χ1) is 8.54. The van der Waals surface area contributed by atoms with Gasteiger partial charge in [0.2, 0.25) is 5.91 Å². The predicted octanol–water partition coefficient (Wildman–Crippen LogP) is -0.406. The van der Waals surface area contributed by atoms with E-state index in [1.54, 1.807) is 7.05 Å². The second-order valence-electron chi connectivity index (χ2n) is 5.49. The van der Waals surface area contributed by atoms with Crippen molar-refractivity contribution in [1.82, 2.24) is 20.4 Å². The van der Waals surface area contributed by atoms with Crippen molar-refractivity contribution in [1.29, 1.82) is 0 Å². The van der Waals surface area contributed by atoms with Gasteiger partial charge in [-0.05, 0) is 20.0 Å². The summed E-state index contributed by atoms with van der Waals surface area (Å²) in [4.78, 5) is 16.4. The van der Waals surface area contributed by atoms with Crippen LogP contribution in [0.4, 0.5) is 0 Å². The molecule has 0 spiro atoms. The predicted molar refractivity (Wildman–Crippen MR) is 74.6 cm³/mol. The molecule has 0 aromatic carbocycles. The molecule has 1 amide bonds. The molecule has 0 radical (unpaired) electrons. The summed E-state index contributed by atoms with van der Waals surface area (Å²) in [5, 5.41) is 5.89. The number of hydrogen-bond acceptors (Lipinski definition) is 4. The van der Waals surface area contributed by atoms with Crippen LogP contribution in [-0.4, -0.2) is 75.1 Å². The van der Waals surface area contributed by atoms with Gasteiger partial charge < -0.3 is 15.5 Å². The Morgan fingerprint density at radius 3 is 2.33 bits per heavy atom. The first-order valence-corrected chi connectivity index (χ1v) is 6.88. The van der Waals surface area contributed by atoms with Crippen LogP contribution in [0.25, 0.3) is 0 Å². The van der Waals surface area contributed by atoms with E-state index in [0.29, 0.717) is 18.5 Å². The minimum Gasteiger partial charge on any atom is -0.353 e. The minimum atomic E-state index is 0.0808. The lowest BCUT2D eigenvalue weighted by Crippen LogP contribution is -2.54. The van der Waals surface area contributed by atoms with Gasteiger partial charge in [0.15, 0.2) is 0 Å². The van der Waals surface area contributed by atoms with Crippen LogP contribution in [-0.2, 0) is 4.79 Å². The Labute approximate surface area is 111 Å². The number of nitrogens with one attached hydrogen (secondary N) is 2. The Hall–Kier alpha value is -0.650. The summed E-state index contributed by atoms with van der Waals surface area (Å²) in [5.41, 5.74) is 0. The van der Waals surface area contributed by atoms with Crippen LogP contribution in [0.2, 0.25) is 0 Å². The molecule has 0 bridgehead atoms. The second-order valence-corrected chi connectivity index (χ2v) is 5.49. The van der Waals surface area contributed by atoms with Crippen molar-refractivity contribution >= 4 is 5.91 Å². The molecule has 1 unspecified atom stereocenters. The number of nitrogens with zero attached hydrogens (tertiary/aromatic N) is 2. The summed E-state index contributed by atoms with van der Waals surface area (Å²) in [5.74, 6) is 0.639. The standard InChI is InChI=1S/C13H28N4O/c1-11(2)12(9-15-13(18)10-14-3)17-7-5-16(4)6-8-17/h11-12,14H,5-10H2,1-4H3,(H,15,18). The Morgan fingerprint density at radius 2 is 1.83 bits per heavy atom. The number of hydrogen-bond donors (Lipinski definition) is 2. The molecule has 0 aromatic heterocycles. The summed E-state index contributed by atoms with van der Waals surface area (Å²) in [7, 11) is 3.95. The van der Waals surface area contributed by atoms with E-state index in [0.717, 1.165) is 32.7 Å². The summed E-state index contributed by atoms with van der Waals surface area (Å²) < 4.78 is 0. The largest absolute Gasteiger partial charge is 0.353 e. The topological polar surface area (TPSA) is 47.6 Å². The molecule has 0 saturated carbocycles. The van der Waals surface area contributed by atoms with Gasteiger partial charge in [-0.15, -0.1) is 0 Å². The first kappa shape index (κ1) is 15.4. The maximum Gasteiger partial charge on any atom is 0.234 e. The Balaban J connectivity index is 2.42. The van der Waals surface area contributed by atoms with E-state index in [1.807, 2.05) is 0 Å². The SMILES string of the molecule is CNCC(=O)NCC(C(C)C)N1CCN(C)CC1. The van der Waals surface area contributed by atoms with Crippen molar-refractivity contribution in [3.63, 3.8) is 0 Å². The van der Waals surface area contributed by atoms with Gasteiger partial charge in [0, 0.05) is 38.8 Å². The number of rotatable bonds is 6. The van der Waals surface area contributed by atoms with E-state index in [2.05, 4.69) is 41.3 Å². The van der Waals surface area contributed by atoms with Crippen LogP contribution < -0.4 is 10.6 Å². The summed E-state index contributed by atoms with van der Waals surface area (Å²) >= 11 is 0. The van der Waals surface area contributed by atoms with Gasteiger partial charge in [-0.3, -0.25) is 9.69 Å². The van der Waals surface area contributed by atoms with Crippen molar-refractivity contribution in [2.24, 2.45) is 5.92 Å². The maximum atomic E-state index is 11.5. The maximum absolute atomic E-state index is 11.5. The molecule has 2 N–H and O–H groups in total. The van der Waals surface area contributed by atoms with Crippen LogP contribution >= 0.6 is 0 Å². The monoisotopic (exact) mass is 256 g/mol. The summed E-state index contributed by atoms with van der Waals surface area (Å²) in [6.07, 6.45) is 0. The fraction of sp³-hybridized carbons (Fsp3) is 0.923. The highest BCUT2D eigenvalue weighted by atomic mass is 16.1. The minimum absolute atomic E-state index is 0.0808. The lowest BCUT2D eigenvalue weighted by molar-refractivity contribution is -0.120. The van der Waals surface area contributed by atoms with E-state index < -0.39 is 0 Å². The first-order valence-electron chi connectivity index (χ1n) is 6.88. The number of carbonyl (C=O) groups excluding carboxylic acids is 1. The summed E-state index contributed by atoms with van der Waals surface area (Å²) in [6.45, 7) is 10.0. The second kappa shape index (κ2) is 7.71. The van der Waals surface area contributed by atoms with Crippen LogP contribution in [0.1, 0.15) is 13.8 Å². The molecule has 0 aromatic rings. The summed E-state index contributed by atoms with van der Waals surface area (Å²) in [6, 6.07) is 0.444. The number of carbonyl (C=O) groups is 1. The fourth-order valence-corrected chi connectivity index (χ4v) is 2.38. The number of piperazine rings is 1. The Morgan fingerprint density at radius 1 is 1.22 bits per heavy atom. The van der Waals surface area contributed by atoms with Gasteiger partial charge in [-0.25, -0.2) is 0 Å². The van der Waals surface area contributed by atoms with E-state index >= 15 is 0 Å². The number of likely N-dealkylation sites (N-methyl/N-ethyl adjacent to an activating group) is 2. The van der Waals surface area contributed by atoms with Gasteiger partial charge in [-0.1, -0.05) is 13.8 Å². The average molecular weight is 256 g/mol. The van der Waals surface area contributed by atoms with Crippen molar-refractivity contribution < 1.29 is 4.79 Å². The molecular formula is C13H28N4O. The number of amides is 1. The third-order valence-corrected chi connectivity index (χ3v) is 3.62. The molecule has 1 aliphatic heterocycles. The Bertz CT molecular complexity index is 249. The lowest BCUT2D eigenvalue weighted by atomic mass is 10.0. The molecule has 5 heteroatoms. The molecular weight excluding hydrogens is 228 g/mol. The molecule has 1 atom stereocenters. The van der Waals surface area contributed by atoms with Crippen LogP contribution in [0.3, 0.4) is 0 Å². The quantitative estimate of drug-likeness (QED) is 0.678. The fourth-order valence-electron chi connectivity index (χ4n) is 2.38. The molecule has 106 valence electrons. The molecule has 1 saturated heterocycles. The zero-order chi connectivity index (χ0) is 13.5. The van der Waals surface area contributed by atoms with Crippen LogP contribution in [0, 0.1) is 5.92 Å². The van der Waals surface area contributed by atoms with E-state index in [-0.39, 0.29) is 5.91 Å². The Kier molecular flexibility index (Phi) is 6.60.